The smallest absolute Gasteiger partial charge is 0.271 e. The second-order valence-electron chi connectivity index (χ2n) is 6.35. The van der Waals surface area contributed by atoms with Gasteiger partial charge in [-0.25, -0.2) is 0 Å². The van der Waals surface area contributed by atoms with Crippen LogP contribution in [-0.4, -0.2) is 17.4 Å². The number of aryl methyl sites for hydroxylation is 1. The Morgan fingerprint density at radius 3 is 2.46 bits per heavy atom. The zero-order valence-electron chi connectivity index (χ0n) is 15.4. The van der Waals surface area contributed by atoms with E-state index >= 15 is 0 Å². The van der Waals surface area contributed by atoms with E-state index in [4.69, 9.17) is 4.74 Å². The Morgan fingerprint density at radius 2 is 1.75 bits per heavy atom. The average molecular weight is 376 g/mol. The third-order valence-electron chi connectivity index (χ3n) is 4.19. The van der Waals surface area contributed by atoms with E-state index < -0.39 is 4.92 Å². The Bertz CT molecular complexity index is 973. The van der Waals surface area contributed by atoms with Crippen LogP contribution in [0.25, 0.3) is 0 Å². The van der Waals surface area contributed by atoms with Gasteiger partial charge in [-0.05, 0) is 36.2 Å². The molecule has 1 amide bonds. The van der Waals surface area contributed by atoms with Gasteiger partial charge < -0.3 is 9.64 Å². The molecule has 0 N–H and O–H groups in total. The number of hydrogen-bond donors (Lipinski definition) is 0. The normalized spacial score (nSPS) is 10.3. The molecule has 0 saturated heterocycles. The van der Waals surface area contributed by atoms with Gasteiger partial charge in [-0.2, -0.15) is 0 Å². The predicted molar refractivity (Wildman–Crippen MR) is 107 cm³/mol. The summed E-state index contributed by atoms with van der Waals surface area (Å²) in [4.78, 5) is 25.1. The summed E-state index contributed by atoms with van der Waals surface area (Å²) in [6.07, 6.45) is 0. The van der Waals surface area contributed by atoms with Crippen molar-refractivity contribution in [1.82, 2.24) is 0 Å². The monoisotopic (exact) mass is 376 g/mol. The van der Waals surface area contributed by atoms with E-state index in [9.17, 15) is 14.9 Å². The second-order valence-corrected chi connectivity index (χ2v) is 6.35. The molecule has 0 spiro atoms. The summed E-state index contributed by atoms with van der Waals surface area (Å²) < 4.78 is 5.64. The number of nitrogens with zero attached hydrogens (tertiary/aromatic N) is 2. The first-order valence-electron chi connectivity index (χ1n) is 8.81. The number of carbonyl (C=O) groups excluding carboxylic acids is 1. The van der Waals surface area contributed by atoms with E-state index in [0.717, 1.165) is 11.1 Å². The summed E-state index contributed by atoms with van der Waals surface area (Å²) >= 11 is 0. The van der Waals surface area contributed by atoms with Crippen molar-refractivity contribution in [2.24, 2.45) is 0 Å². The lowest BCUT2D eigenvalue weighted by Gasteiger charge is -2.23. The maximum Gasteiger partial charge on any atom is 0.271 e. The lowest BCUT2D eigenvalue weighted by molar-refractivity contribution is -0.384. The highest BCUT2D eigenvalue weighted by atomic mass is 16.6. The number of nitro groups is 1. The number of ether oxygens (including phenoxy) is 1. The van der Waals surface area contributed by atoms with Gasteiger partial charge in [0, 0.05) is 12.1 Å². The topological polar surface area (TPSA) is 72.7 Å². The molecule has 0 heterocycles. The molecular weight excluding hydrogens is 356 g/mol. The molecule has 0 atom stereocenters. The highest BCUT2D eigenvalue weighted by molar-refractivity contribution is 5.94. The lowest BCUT2D eigenvalue weighted by Crippen LogP contribution is -2.34. The first-order valence-corrected chi connectivity index (χ1v) is 8.81. The van der Waals surface area contributed by atoms with Crippen molar-refractivity contribution in [2.45, 2.75) is 13.5 Å². The number of nitro benzene ring substituents is 1. The molecule has 3 aromatic rings. The van der Waals surface area contributed by atoms with Crippen LogP contribution in [0.1, 0.15) is 11.1 Å². The van der Waals surface area contributed by atoms with Gasteiger partial charge >= 0.3 is 0 Å². The maximum absolute atomic E-state index is 12.9. The van der Waals surface area contributed by atoms with Crippen LogP contribution in [0.5, 0.6) is 5.75 Å². The van der Waals surface area contributed by atoms with E-state index in [2.05, 4.69) is 0 Å². The van der Waals surface area contributed by atoms with Crippen molar-refractivity contribution < 1.29 is 14.5 Å². The summed E-state index contributed by atoms with van der Waals surface area (Å²) in [5, 5.41) is 11.1. The Morgan fingerprint density at radius 1 is 1.00 bits per heavy atom. The van der Waals surface area contributed by atoms with E-state index in [1.807, 2.05) is 55.5 Å². The van der Waals surface area contributed by atoms with Crippen molar-refractivity contribution in [3.8, 4) is 5.75 Å². The summed E-state index contributed by atoms with van der Waals surface area (Å²) in [6.45, 7) is 2.07. The van der Waals surface area contributed by atoms with Crippen LogP contribution in [0.2, 0.25) is 0 Å². The lowest BCUT2D eigenvalue weighted by atomic mass is 10.2. The standard InChI is InChI=1S/C22H20N2O4/c1-17-7-5-12-21(13-17)28-16-22(25)23(15-18-8-3-2-4-9-18)19-10-6-11-20(14-19)24(26)27/h2-14H,15-16H2,1H3. The molecule has 142 valence electrons. The number of hydrogen-bond acceptors (Lipinski definition) is 4. The molecule has 28 heavy (non-hydrogen) atoms. The number of benzene rings is 3. The molecule has 0 aliphatic carbocycles. The maximum atomic E-state index is 12.9. The number of amides is 1. The van der Waals surface area contributed by atoms with Gasteiger partial charge in [0.15, 0.2) is 6.61 Å². The quantitative estimate of drug-likeness (QED) is 0.449. The van der Waals surface area contributed by atoms with Gasteiger partial charge in [0.2, 0.25) is 0 Å². The van der Waals surface area contributed by atoms with Gasteiger partial charge in [-0.3, -0.25) is 14.9 Å². The molecular formula is C22H20N2O4. The minimum absolute atomic E-state index is 0.0667. The third kappa shape index (κ3) is 4.94. The van der Waals surface area contributed by atoms with Crippen LogP contribution in [0, 0.1) is 17.0 Å². The fraction of sp³-hybridized carbons (Fsp3) is 0.136. The molecule has 0 saturated carbocycles. The third-order valence-corrected chi connectivity index (χ3v) is 4.19. The van der Waals surface area contributed by atoms with Gasteiger partial charge in [0.25, 0.3) is 11.6 Å². The fourth-order valence-corrected chi connectivity index (χ4v) is 2.79. The van der Waals surface area contributed by atoms with Crippen molar-refractivity contribution >= 4 is 17.3 Å². The minimum Gasteiger partial charge on any atom is -0.484 e. The van der Waals surface area contributed by atoms with Crippen molar-refractivity contribution in [2.75, 3.05) is 11.5 Å². The highest BCUT2D eigenvalue weighted by Crippen LogP contribution is 2.23. The molecule has 0 unspecified atom stereocenters. The summed E-state index contributed by atoms with van der Waals surface area (Å²) in [6, 6.07) is 23.0. The molecule has 3 rings (SSSR count). The molecule has 3 aromatic carbocycles. The van der Waals surface area contributed by atoms with E-state index in [-0.39, 0.29) is 24.7 Å². The Balaban J connectivity index is 1.83. The Labute approximate surface area is 163 Å². The van der Waals surface area contributed by atoms with Crippen LogP contribution < -0.4 is 9.64 Å². The minimum atomic E-state index is -0.474. The molecule has 0 fully saturated rings. The number of rotatable bonds is 7. The molecule has 0 aliphatic rings. The Hall–Kier alpha value is -3.67. The molecule has 6 nitrogen and oxygen atoms in total. The van der Waals surface area contributed by atoms with E-state index in [0.29, 0.717) is 11.4 Å². The van der Waals surface area contributed by atoms with Gasteiger partial charge in [0.1, 0.15) is 5.75 Å². The van der Waals surface area contributed by atoms with Gasteiger partial charge in [-0.1, -0.05) is 48.5 Å². The zero-order chi connectivity index (χ0) is 19.9. The number of anilines is 1. The summed E-state index contributed by atoms with van der Waals surface area (Å²) in [5.41, 5.74) is 2.33. The van der Waals surface area contributed by atoms with E-state index in [1.165, 1.54) is 17.0 Å². The van der Waals surface area contributed by atoms with Gasteiger partial charge in [-0.15, -0.1) is 0 Å². The number of non-ortho nitro benzene ring substituents is 1. The summed E-state index contributed by atoms with van der Waals surface area (Å²) in [5.74, 6) is 0.318. The molecule has 0 bridgehead atoms. The Kier molecular flexibility index (Phi) is 6.01. The van der Waals surface area contributed by atoms with Crippen molar-refractivity contribution in [1.29, 1.82) is 0 Å². The van der Waals surface area contributed by atoms with Gasteiger partial charge in [0.05, 0.1) is 17.2 Å². The molecule has 0 aromatic heterocycles. The molecule has 6 heteroatoms. The van der Waals surface area contributed by atoms with Crippen LogP contribution in [-0.2, 0) is 11.3 Å². The highest BCUT2D eigenvalue weighted by Gasteiger charge is 2.19. The largest absolute Gasteiger partial charge is 0.484 e. The average Bonchev–Trinajstić information content (AvgIpc) is 2.71. The van der Waals surface area contributed by atoms with Crippen molar-refractivity contribution in [3.63, 3.8) is 0 Å². The van der Waals surface area contributed by atoms with Crippen LogP contribution in [0.15, 0.2) is 78.9 Å². The van der Waals surface area contributed by atoms with Crippen LogP contribution in [0.4, 0.5) is 11.4 Å². The zero-order valence-corrected chi connectivity index (χ0v) is 15.4. The number of carbonyl (C=O) groups is 1. The van der Waals surface area contributed by atoms with Crippen molar-refractivity contribution in [3.05, 3.63) is 100 Å². The summed E-state index contributed by atoms with van der Waals surface area (Å²) in [7, 11) is 0. The van der Waals surface area contributed by atoms with Crippen LogP contribution >= 0.6 is 0 Å². The fourth-order valence-electron chi connectivity index (χ4n) is 2.79. The second kappa shape index (κ2) is 8.81. The van der Waals surface area contributed by atoms with Crippen LogP contribution in [0.3, 0.4) is 0 Å². The first-order chi connectivity index (χ1) is 13.5. The first kappa shape index (κ1) is 19.1. The molecule has 0 aliphatic heterocycles. The van der Waals surface area contributed by atoms with E-state index in [1.54, 1.807) is 18.2 Å². The SMILES string of the molecule is Cc1cccc(OCC(=O)N(Cc2ccccc2)c2cccc([N+](=O)[O-])c2)c1. The predicted octanol–water partition coefficient (Wildman–Crippen LogP) is 4.52. The molecule has 0 radical (unpaired) electrons.